The molecule has 1 fully saturated rings. The summed E-state index contributed by atoms with van der Waals surface area (Å²) in [6.07, 6.45) is -7.73. The van der Waals surface area contributed by atoms with Crippen molar-refractivity contribution in [2.45, 2.75) is 49.0 Å². The fourth-order valence-corrected chi connectivity index (χ4v) is 6.23. The summed E-state index contributed by atoms with van der Waals surface area (Å²) in [4.78, 5) is 20.2. The highest BCUT2D eigenvalue weighted by atomic mass is 32.2. The number of nitrogens with zero attached hydrogens (tertiary/aromatic N) is 3. The lowest BCUT2D eigenvalue weighted by molar-refractivity contribution is -0.140. The average molecular weight is 558 g/mol. The maximum absolute atomic E-state index is 13.4. The van der Waals surface area contributed by atoms with Crippen LogP contribution in [0, 0.1) is 0 Å². The minimum atomic E-state index is -4.89. The number of benzene rings is 2. The minimum absolute atomic E-state index is 0.0819. The second-order valence-electron chi connectivity index (χ2n) is 8.70. The molecule has 0 saturated carbocycles. The molecule has 38 heavy (non-hydrogen) atoms. The van der Waals surface area contributed by atoms with Gasteiger partial charge in [-0.15, -0.1) is 0 Å². The minimum Gasteiger partial charge on any atom is -0.298 e. The molecular formula is C25H21F6N3O3S. The molecule has 0 radical (unpaired) electrons. The quantitative estimate of drug-likeness (QED) is 0.357. The standard InChI is InChI=1S/C25H21F6N3O3S/c26-24(27,28)17-9-7-16(8-10-17)20-14-18(32-15-33-20)11-12-22(35)21-5-3-13-34(21)38(36,37)23-6-2-1-4-19(23)25(29,30)31/h1-2,4,6-10,14-15,21H,3,5,11-13H2/t21-/m0/s1. The molecule has 0 spiro atoms. The van der Waals surface area contributed by atoms with Crippen LogP contribution >= 0.6 is 0 Å². The molecule has 1 aliphatic heterocycles. The van der Waals surface area contributed by atoms with Crippen molar-refractivity contribution in [3.05, 3.63) is 77.7 Å². The van der Waals surface area contributed by atoms with E-state index in [4.69, 9.17) is 0 Å². The zero-order chi connectivity index (χ0) is 27.7. The summed E-state index contributed by atoms with van der Waals surface area (Å²) in [7, 11) is -4.60. The first-order valence-corrected chi connectivity index (χ1v) is 12.9. The Bertz CT molecular complexity index is 1420. The van der Waals surface area contributed by atoms with E-state index in [1.54, 1.807) is 0 Å². The molecule has 13 heteroatoms. The number of carbonyl (C=O) groups excluding carboxylic acids is 1. The highest BCUT2D eigenvalue weighted by Gasteiger charge is 2.43. The van der Waals surface area contributed by atoms with Gasteiger partial charge < -0.3 is 0 Å². The van der Waals surface area contributed by atoms with Gasteiger partial charge >= 0.3 is 12.4 Å². The fraction of sp³-hybridized carbons (Fsp3) is 0.320. The van der Waals surface area contributed by atoms with Crippen LogP contribution in [0.15, 0.2) is 65.8 Å². The molecule has 6 nitrogen and oxygen atoms in total. The number of ketones is 1. The Kier molecular flexibility index (Phi) is 7.62. The third-order valence-electron chi connectivity index (χ3n) is 6.21. The van der Waals surface area contributed by atoms with E-state index >= 15 is 0 Å². The number of aromatic nitrogens is 2. The van der Waals surface area contributed by atoms with Crippen molar-refractivity contribution in [3.63, 3.8) is 0 Å². The number of hydrogen-bond donors (Lipinski definition) is 0. The smallest absolute Gasteiger partial charge is 0.298 e. The Morgan fingerprint density at radius 2 is 1.63 bits per heavy atom. The Morgan fingerprint density at radius 1 is 0.947 bits per heavy atom. The average Bonchev–Trinajstić information content (AvgIpc) is 3.38. The van der Waals surface area contributed by atoms with E-state index in [2.05, 4.69) is 9.97 Å². The van der Waals surface area contributed by atoms with Gasteiger partial charge in [-0.3, -0.25) is 4.79 Å². The number of Topliss-reactive ketones (excluding diaryl/α,β-unsaturated/α-hetero) is 1. The van der Waals surface area contributed by atoms with Crippen LogP contribution in [-0.2, 0) is 33.6 Å². The van der Waals surface area contributed by atoms with Crippen molar-refractivity contribution in [2.24, 2.45) is 0 Å². The predicted octanol–water partition coefficient (Wildman–Crippen LogP) is 5.54. The number of rotatable bonds is 7. The van der Waals surface area contributed by atoms with E-state index in [1.807, 2.05) is 0 Å². The second-order valence-corrected chi connectivity index (χ2v) is 10.6. The van der Waals surface area contributed by atoms with Crippen molar-refractivity contribution < 1.29 is 39.6 Å². The van der Waals surface area contributed by atoms with E-state index in [1.165, 1.54) is 30.6 Å². The molecule has 0 N–H and O–H groups in total. The Balaban J connectivity index is 1.48. The maximum atomic E-state index is 13.4. The predicted molar refractivity (Wildman–Crippen MR) is 124 cm³/mol. The monoisotopic (exact) mass is 557 g/mol. The van der Waals surface area contributed by atoms with Crippen LogP contribution < -0.4 is 0 Å². The summed E-state index contributed by atoms with van der Waals surface area (Å²) in [5, 5.41) is 0. The molecule has 1 atom stereocenters. The van der Waals surface area contributed by atoms with Gasteiger partial charge in [-0.05, 0) is 49.6 Å². The molecular weight excluding hydrogens is 536 g/mol. The molecule has 1 aliphatic rings. The van der Waals surface area contributed by atoms with Gasteiger partial charge in [0.05, 0.1) is 27.8 Å². The SMILES string of the molecule is O=C(CCc1cc(-c2ccc(C(F)(F)F)cc2)ncn1)[C@@H]1CCCN1S(=O)(=O)c1ccccc1C(F)(F)F. The number of carbonyl (C=O) groups is 1. The second kappa shape index (κ2) is 10.4. The van der Waals surface area contributed by atoms with Crippen molar-refractivity contribution in [1.29, 1.82) is 0 Å². The molecule has 202 valence electrons. The third-order valence-corrected chi connectivity index (χ3v) is 8.18. The third kappa shape index (κ3) is 5.88. The van der Waals surface area contributed by atoms with Crippen LogP contribution in [0.25, 0.3) is 11.3 Å². The lowest BCUT2D eigenvalue weighted by Gasteiger charge is -2.24. The molecule has 2 heterocycles. The normalized spacial score (nSPS) is 17.1. The van der Waals surface area contributed by atoms with E-state index in [0.717, 1.165) is 28.6 Å². The molecule has 3 aromatic rings. The molecule has 1 aromatic heterocycles. The van der Waals surface area contributed by atoms with Crippen LogP contribution in [-0.4, -0.2) is 41.1 Å². The zero-order valence-corrected chi connectivity index (χ0v) is 20.4. The van der Waals surface area contributed by atoms with E-state index in [9.17, 15) is 39.6 Å². The van der Waals surface area contributed by atoms with Gasteiger partial charge in [-0.1, -0.05) is 24.3 Å². The summed E-state index contributed by atoms with van der Waals surface area (Å²) >= 11 is 0. The summed E-state index contributed by atoms with van der Waals surface area (Å²) < 4.78 is 106. The summed E-state index contributed by atoms with van der Waals surface area (Å²) in [5.41, 5.74) is -0.961. The van der Waals surface area contributed by atoms with E-state index < -0.39 is 50.2 Å². The topological polar surface area (TPSA) is 80.2 Å². The summed E-state index contributed by atoms with van der Waals surface area (Å²) in [6, 6.07) is 8.62. The van der Waals surface area contributed by atoms with Crippen molar-refractivity contribution in [1.82, 2.24) is 14.3 Å². The number of hydrogen-bond acceptors (Lipinski definition) is 5. The van der Waals surface area contributed by atoms with Gasteiger partial charge in [0.1, 0.15) is 6.33 Å². The lowest BCUT2D eigenvalue weighted by atomic mass is 10.0. The molecule has 0 amide bonds. The summed E-state index contributed by atoms with van der Waals surface area (Å²) in [6.45, 7) is -0.0868. The van der Waals surface area contributed by atoms with Gasteiger partial charge in [0.2, 0.25) is 10.0 Å². The Morgan fingerprint density at radius 3 is 2.29 bits per heavy atom. The summed E-state index contributed by atoms with van der Waals surface area (Å²) in [5.74, 6) is -0.467. The molecule has 0 aliphatic carbocycles. The van der Waals surface area contributed by atoms with Gasteiger partial charge in [0.25, 0.3) is 0 Å². The molecule has 4 rings (SSSR count). The zero-order valence-electron chi connectivity index (χ0n) is 19.6. The van der Waals surface area contributed by atoms with Gasteiger partial charge in [-0.25, -0.2) is 18.4 Å². The molecule has 0 unspecified atom stereocenters. The lowest BCUT2D eigenvalue weighted by Crippen LogP contribution is -2.41. The number of alkyl halides is 6. The fourth-order valence-electron chi connectivity index (χ4n) is 4.34. The Labute approximate surface area is 214 Å². The number of sulfonamides is 1. The highest BCUT2D eigenvalue weighted by molar-refractivity contribution is 7.89. The first-order valence-electron chi connectivity index (χ1n) is 11.5. The van der Waals surface area contributed by atoms with Gasteiger partial charge in [0, 0.05) is 24.2 Å². The van der Waals surface area contributed by atoms with Crippen LogP contribution in [0.4, 0.5) is 26.3 Å². The van der Waals surface area contributed by atoms with Crippen LogP contribution in [0.3, 0.4) is 0 Å². The molecule has 1 saturated heterocycles. The first-order chi connectivity index (χ1) is 17.8. The Hall–Kier alpha value is -3.32. The number of aryl methyl sites for hydroxylation is 1. The molecule has 0 bridgehead atoms. The van der Waals surface area contributed by atoms with Gasteiger partial charge in [0.15, 0.2) is 5.78 Å². The van der Waals surface area contributed by atoms with Crippen molar-refractivity contribution in [3.8, 4) is 11.3 Å². The van der Waals surface area contributed by atoms with Crippen molar-refractivity contribution in [2.75, 3.05) is 6.54 Å². The van der Waals surface area contributed by atoms with E-state index in [0.29, 0.717) is 29.4 Å². The molecule has 2 aromatic carbocycles. The highest BCUT2D eigenvalue weighted by Crippen LogP contribution is 2.37. The van der Waals surface area contributed by atoms with Crippen molar-refractivity contribution >= 4 is 15.8 Å². The number of halogens is 6. The van der Waals surface area contributed by atoms with Crippen LogP contribution in [0.5, 0.6) is 0 Å². The van der Waals surface area contributed by atoms with E-state index in [-0.39, 0.29) is 25.8 Å². The largest absolute Gasteiger partial charge is 0.417 e. The first kappa shape index (κ1) is 27.7. The van der Waals surface area contributed by atoms with Gasteiger partial charge in [-0.2, -0.15) is 30.6 Å². The van der Waals surface area contributed by atoms with Crippen LogP contribution in [0.2, 0.25) is 0 Å². The van der Waals surface area contributed by atoms with Crippen LogP contribution in [0.1, 0.15) is 36.1 Å². The maximum Gasteiger partial charge on any atom is 0.417 e.